The van der Waals surface area contributed by atoms with E-state index in [0.29, 0.717) is 16.9 Å². The largest absolute Gasteiger partial charge is 0.326 e. The molecule has 0 saturated heterocycles. The molecule has 110 valence electrons. The van der Waals surface area contributed by atoms with E-state index >= 15 is 0 Å². The molecular weight excluding hydrogens is 268 g/mol. The lowest BCUT2D eigenvalue weighted by atomic mass is 10.1. The molecule has 0 aliphatic rings. The Kier molecular flexibility index (Phi) is 4.07. The maximum Gasteiger partial charge on any atom is 0.259 e. The minimum absolute atomic E-state index is 0.125. The van der Waals surface area contributed by atoms with Crippen LogP contribution in [-0.4, -0.2) is 22.0 Å². The molecule has 0 aliphatic carbocycles. The van der Waals surface area contributed by atoms with Gasteiger partial charge in [0, 0.05) is 24.0 Å². The van der Waals surface area contributed by atoms with Gasteiger partial charge in [-0.2, -0.15) is 5.10 Å². The third-order valence-corrected chi connectivity index (χ3v) is 3.15. The van der Waals surface area contributed by atoms with E-state index in [4.69, 9.17) is 0 Å². The first kappa shape index (κ1) is 14.8. The minimum atomic E-state index is -0.203. The van der Waals surface area contributed by atoms with Crippen molar-refractivity contribution in [2.45, 2.75) is 27.7 Å². The SMILES string of the molecule is CC(=O)Nc1ccc(NC(=O)c2c(C)n[nH]c2C)cc1C. The first-order chi connectivity index (χ1) is 9.88. The summed E-state index contributed by atoms with van der Waals surface area (Å²) in [6, 6.07) is 5.33. The topological polar surface area (TPSA) is 86.9 Å². The van der Waals surface area contributed by atoms with Crippen molar-refractivity contribution in [3.05, 3.63) is 40.7 Å². The molecule has 2 rings (SSSR count). The summed E-state index contributed by atoms with van der Waals surface area (Å²) < 4.78 is 0. The van der Waals surface area contributed by atoms with Crippen LogP contribution in [0.2, 0.25) is 0 Å². The Bertz CT molecular complexity index is 684. The molecule has 6 nitrogen and oxygen atoms in total. The summed E-state index contributed by atoms with van der Waals surface area (Å²) in [6.45, 7) is 6.92. The molecule has 0 spiro atoms. The monoisotopic (exact) mass is 286 g/mol. The summed E-state index contributed by atoms with van der Waals surface area (Å²) in [5, 5.41) is 12.4. The first-order valence-corrected chi connectivity index (χ1v) is 6.59. The summed E-state index contributed by atoms with van der Waals surface area (Å²) in [5.41, 5.74) is 4.23. The summed E-state index contributed by atoms with van der Waals surface area (Å²) in [5.74, 6) is -0.329. The molecule has 0 atom stereocenters. The second-order valence-electron chi connectivity index (χ2n) is 4.97. The number of H-pyrrole nitrogens is 1. The standard InChI is InChI=1S/C15H18N4O2/c1-8-7-12(5-6-13(8)16-11(4)20)17-15(21)14-9(2)18-19-10(14)3/h5-7H,1-4H3,(H,16,20)(H,17,21)(H,18,19). The Balaban J connectivity index is 2.19. The number of benzene rings is 1. The maximum atomic E-state index is 12.3. The predicted octanol–water partition coefficient (Wildman–Crippen LogP) is 2.55. The number of anilines is 2. The highest BCUT2D eigenvalue weighted by Crippen LogP contribution is 2.21. The van der Waals surface area contributed by atoms with Gasteiger partial charge < -0.3 is 10.6 Å². The number of aromatic amines is 1. The average molecular weight is 286 g/mol. The third kappa shape index (κ3) is 3.28. The van der Waals surface area contributed by atoms with Gasteiger partial charge in [0.15, 0.2) is 0 Å². The van der Waals surface area contributed by atoms with Gasteiger partial charge in [0.25, 0.3) is 5.91 Å². The van der Waals surface area contributed by atoms with Gasteiger partial charge in [-0.15, -0.1) is 0 Å². The normalized spacial score (nSPS) is 10.3. The molecule has 0 fully saturated rings. The van der Waals surface area contributed by atoms with Gasteiger partial charge in [0.05, 0.1) is 11.3 Å². The number of aryl methyl sites for hydroxylation is 3. The van der Waals surface area contributed by atoms with Gasteiger partial charge in [-0.05, 0) is 44.5 Å². The van der Waals surface area contributed by atoms with Crippen LogP contribution < -0.4 is 10.6 Å². The molecular formula is C15H18N4O2. The van der Waals surface area contributed by atoms with E-state index in [0.717, 1.165) is 16.9 Å². The van der Waals surface area contributed by atoms with Crippen molar-refractivity contribution >= 4 is 23.2 Å². The van der Waals surface area contributed by atoms with Gasteiger partial charge in [-0.1, -0.05) is 0 Å². The second kappa shape index (κ2) is 5.78. The quantitative estimate of drug-likeness (QED) is 0.810. The average Bonchev–Trinajstić information content (AvgIpc) is 2.72. The van der Waals surface area contributed by atoms with Crippen molar-refractivity contribution < 1.29 is 9.59 Å². The number of carbonyl (C=O) groups excluding carboxylic acids is 2. The highest BCUT2D eigenvalue weighted by atomic mass is 16.2. The van der Waals surface area contributed by atoms with E-state index in [2.05, 4.69) is 20.8 Å². The lowest BCUT2D eigenvalue weighted by Crippen LogP contribution is -2.14. The molecule has 0 bridgehead atoms. The highest BCUT2D eigenvalue weighted by molar-refractivity contribution is 6.06. The zero-order chi connectivity index (χ0) is 15.6. The third-order valence-electron chi connectivity index (χ3n) is 3.15. The van der Waals surface area contributed by atoms with Crippen LogP contribution in [0.5, 0.6) is 0 Å². The number of aromatic nitrogens is 2. The van der Waals surface area contributed by atoms with Crippen molar-refractivity contribution in [3.63, 3.8) is 0 Å². The zero-order valence-corrected chi connectivity index (χ0v) is 12.5. The summed E-state index contributed by atoms with van der Waals surface area (Å²) in [7, 11) is 0. The van der Waals surface area contributed by atoms with Crippen molar-refractivity contribution in [3.8, 4) is 0 Å². The van der Waals surface area contributed by atoms with Crippen LogP contribution in [0.15, 0.2) is 18.2 Å². The maximum absolute atomic E-state index is 12.3. The minimum Gasteiger partial charge on any atom is -0.326 e. The molecule has 0 aliphatic heterocycles. The number of hydrogen-bond acceptors (Lipinski definition) is 3. The number of rotatable bonds is 3. The predicted molar refractivity (Wildman–Crippen MR) is 81.5 cm³/mol. The van der Waals surface area contributed by atoms with Crippen molar-refractivity contribution in [2.24, 2.45) is 0 Å². The summed E-state index contributed by atoms with van der Waals surface area (Å²) in [4.78, 5) is 23.3. The van der Waals surface area contributed by atoms with Gasteiger partial charge in [0.2, 0.25) is 5.91 Å². The Hall–Kier alpha value is -2.63. The fourth-order valence-corrected chi connectivity index (χ4v) is 2.15. The lowest BCUT2D eigenvalue weighted by molar-refractivity contribution is -0.114. The number of hydrogen-bond donors (Lipinski definition) is 3. The van der Waals surface area contributed by atoms with Crippen LogP contribution in [0.25, 0.3) is 0 Å². The van der Waals surface area contributed by atoms with Crippen LogP contribution >= 0.6 is 0 Å². The van der Waals surface area contributed by atoms with Crippen LogP contribution in [0.1, 0.15) is 34.2 Å². The first-order valence-electron chi connectivity index (χ1n) is 6.59. The summed E-state index contributed by atoms with van der Waals surface area (Å²) in [6.07, 6.45) is 0. The van der Waals surface area contributed by atoms with E-state index in [9.17, 15) is 9.59 Å². The second-order valence-corrected chi connectivity index (χ2v) is 4.97. The van der Waals surface area contributed by atoms with Gasteiger partial charge in [0.1, 0.15) is 0 Å². The number of amides is 2. The number of nitrogens with zero attached hydrogens (tertiary/aromatic N) is 1. The molecule has 0 radical (unpaired) electrons. The van der Waals surface area contributed by atoms with Gasteiger partial charge in [-0.3, -0.25) is 14.7 Å². The molecule has 2 aromatic rings. The Labute approximate surface area is 122 Å². The molecule has 1 heterocycles. The van der Waals surface area contributed by atoms with Crippen molar-refractivity contribution in [1.29, 1.82) is 0 Å². The van der Waals surface area contributed by atoms with Crippen LogP contribution in [0, 0.1) is 20.8 Å². The van der Waals surface area contributed by atoms with Crippen molar-refractivity contribution in [1.82, 2.24) is 10.2 Å². The molecule has 1 aromatic heterocycles. The molecule has 2 amide bonds. The number of nitrogens with one attached hydrogen (secondary N) is 3. The Morgan fingerprint density at radius 1 is 1.14 bits per heavy atom. The van der Waals surface area contributed by atoms with Crippen LogP contribution in [-0.2, 0) is 4.79 Å². The number of carbonyl (C=O) groups is 2. The molecule has 3 N–H and O–H groups in total. The fourth-order valence-electron chi connectivity index (χ4n) is 2.15. The van der Waals surface area contributed by atoms with Gasteiger partial charge in [-0.25, -0.2) is 0 Å². The van der Waals surface area contributed by atoms with Crippen LogP contribution in [0.3, 0.4) is 0 Å². The smallest absolute Gasteiger partial charge is 0.259 e. The molecule has 1 aromatic carbocycles. The van der Waals surface area contributed by atoms with Crippen molar-refractivity contribution in [2.75, 3.05) is 10.6 Å². The summed E-state index contributed by atoms with van der Waals surface area (Å²) >= 11 is 0. The Morgan fingerprint density at radius 3 is 2.38 bits per heavy atom. The lowest BCUT2D eigenvalue weighted by Gasteiger charge is -2.10. The Morgan fingerprint density at radius 2 is 1.86 bits per heavy atom. The molecule has 0 unspecified atom stereocenters. The molecule has 6 heteroatoms. The van der Waals surface area contributed by atoms with E-state index in [1.807, 2.05) is 13.0 Å². The zero-order valence-electron chi connectivity index (χ0n) is 12.5. The molecule has 21 heavy (non-hydrogen) atoms. The van der Waals surface area contributed by atoms with E-state index in [1.54, 1.807) is 26.0 Å². The fraction of sp³-hybridized carbons (Fsp3) is 0.267. The van der Waals surface area contributed by atoms with E-state index in [-0.39, 0.29) is 11.8 Å². The van der Waals surface area contributed by atoms with E-state index in [1.165, 1.54) is 6.92 Å². The highest BCUT2D eigenvalue weighted by Gasteiger charge is 2.15. The molecule has 0 saturated carbocycles. The van der Waals surface area contributed by atoms with Gasteiger partial charge >= 0.3 is 0 Å². The van der Waals surface area contributed by atoms with E-state index < -0.39 is 0 Å². The van der Waals surface area contributed by atoms with Crippen LogP contribution in [0.4, 0.5) is 11.4 Å².